The monoisotopic (exact) mass is 159 g/mol. The Morgan fingerprint density at radius 1 is 1.36 bits per heavy atom. The quantitative estimate of drug-likeness (QED) is 0.492. The molecule has 0 radical (unpaired) electrons. The molecule has 2 heteroatoms. The van der Waals surface area contributed by atoms with Crippen LogP contribution in [-0.2, 0) is 4.74 Å². The third-order valence-corrected chi connectivity index (χ3v) is 1.40. The standard InChI is InChI=1S/C9H21NO/c1-8(2)6-5-7-11-9(3,4)10/h8H,5-7,10H2,1-4H3. The van der Waals surface area contributed by atoms with Gasteiger partial charge in [0.05, 0.1) is 0 Å². The average Bonchev–Trinajstić information content (AvgIpc) is 1.78. The topological polar surface area (TPSA) is 35.2 Å². The second-order valence-electron chi connectivity index (χ2n) is 3.99. The van der Waals surface area contributed by atoms with Gasteiger partial charge in [0.25, 0.3) is 0 Å². The first-order valence-electron chi connectivity index (χ1n) is 4.34. The van der Waals surface area contributed by atoms with Crippen LogP contribution in [0, 0.1) is 5.92 Å². The highest BCUT2D eigenvalue weighted by molar-refractivity contribution is 4.56. The van der Waals surface area contributed by atoms with Gasteiger partial charge in [0, 0.05) is 6.61 Å². The first-order chi connectivity index (χ1) is 4.92. The normalized spacial score (nSPS) is 12.5. The van der Waals surface area contributed by atoms with Crippen LogP contribution in [0.1, 0.15) is 40.5 Å². The molecule has 0 aromatic carbocycles. The van der Waals surface area contributed by atoms with E-state index in [-0.39, 0.29) is 0 Å². The molecule has 68 valence electrons. The van der Waals surface area contributed by atoms with Gasteiger partial charge in [-0.3, -0.25) is 0 Å². The van der Waals surface area contributed by atoms with Crippen molar-refractivity contribution in [3.05, 3.63) is 0 Å². The van der Waals surface area contributed by atoms with Crippen molar-refractivity contribution in [3.8, 4) is 0 Å². The summed E-state index contributed by atoms with van der Waals surface area (Å²) in [4.78, 5) is 0. The molecule has 0 spiro atoms. The van der Waals surface area contributed by atoms with Crippen LogP contribution in [0.3, 0.4) is 0 Å². The number of hydrogen-bond donors (Lipinski definition) is 1. The molecule has 0 unspecified atom stereocenters. The van der Waals surface area contributed by atoms with Gasteiger partial charge in [-0.2, -0.15) is 0 Å². The van der Waals surface area contributed by atoms with Crippen molar-refractivity contribution in [1.82, 2.24) is 0 Å². The zero-order valence-electron chi connectivity index (χ0n) is 8.18. The van der Waals surface area contributed by atoms with Crippen molar-refractivity contribution in [1.29, 1.82) is 0 Å². The van der Waals surface area contributed by atoms with E-state index in [1.807, 2.05) is 13.8 Å². The maximum Gasteiger partial charge on any atom is 0.111 e. The molecular formula is C9H21NO. The molecule has 0 amide bonds. The van der Waals surface area contributed by atoms with Gasteiger partial charge in [0.15, 0.2) is 0 Å². The Hall–Kier alpha value is -0.0800. The van der Waals surface area contributed by atoms with Gasteiger partial charge in [-0.1, -0.05) is 13.8 Å². The molecule has 0 aliphatic carbocycles. The van der Waals surface area contributed by atoms with Gasteiger partial charge in [-0.05, 0) is 32.6 Å². The molecule has 0 atom stereocenters. The fraction of sp³-hybridized carbons (Fsp3) is 1.00. The zero-order valence-corrected chi connectivity index (χ0v) is 8.18. The van der Waals surface area contributed by atoms with E-state index in [0.29, 0.717) is 0 Å². The number of ether oxygens (including phenoxy) is 1. The summed E-state index contributed by atoms with van der Waals surface area (Å²) in [5, 5.41) is 0. The molecular weight excluding hydrogens is 138 g/mol. The summed E-state index contributed by atoms with van der Waals surface area (Å²) in [5.74, 6) is 0.763. The Bertz CT molecular complexity index is 94.2. The third-order valence-electron chi connectivity index (χ3n) is 1.40. The molecule has 0 saturated heterocycles. The van der Waals surface area contributed by atoms with Gasteiger partial charge < -0.3 is 10.5 Å². The molecule has 11 heavy (non-hydrogen) atoms. The van der Waals surface area contributed by atoms with Crippen LogP contribution < -0.4 is 5.73 Å². The van der Waals surface area contributed by atoms with E-state index in [2.05, 4.69) is 13.8 Å². The fourth-order valence-corrected chi connectivity index (χ4v) is 0.827. The van der Waals surface area contributed by atoms with Crippen molar-refractivity contribution in [3.63, 3.8) is 0 Å². The van der Waals surface area contributed by atoms with E-state index >= 15 is 0 Å². The van der Waals surface area contributed by atoms with E-state index in [1.54, 1.807) is 0 Å². The summed E-state index contributed by atoms with van der Waals surface area (Å²) in [6, 6.07) is 0. The van der Waals surface area contributed by atoms with Crippen molar-refractivity contribution >= 4 is 0 Å². The van der Waals surface area contributed by atoms with E-state index < -0.39 is 5.72 Å². The van der Waals surface area contributed by atoms with E-state index in [4.69, 9.17) is 10.5 Å². The molecule has 2 nitrogen and oxygen atoms in total. The van der Waals surface area contributed by atoms with Gasteiger partial charge >= 0.3 is 0 Å². The van der Waals surface area contributed by atoms with Crippen LogP contribution in [0.5, 0.6) is 0 Å². The largest absolute Gasteiger partial charge is 0.361 e. The Kier molecular flexibility index (Phi) is 4.69. The summed E-state index contributed by atoms with van der Waals surface area (Å²) in [7, 11) is 0. The van der Waals surface area contributed by atoms with Crippen LogP contribution in [0.25, 0.3) is 0 Å². The average molecular weight is 159 g/mol. The maximum absolute atomic E-state index is 5.63. The van der Waals surface area contributed by atoms with Crippen molar-refractivity contribution in [2.24, 2.45) is 11.7 Å². The summed E-state index contributed by atoms with van der Waals surface area (Å²) in [6.45, 7) is 8.97. The highest BCUT2D eigenvalue weighted by atomic mass is 16.5. The molecule has 0 rings (SSSR count). The van der Waals surface area contributed by atoms with Gasteiger partial charge in [0.1, 0.15) is 5.72 Å². The van der Waals surface area contributed by atoms with Gasteiger partial charge in [-0.15, -0.1) is 0 Å². The molecule has 2 N–H and O–H groups in total. The zero-order chi connectivity index (χ0) is 8.91. The van der Waals surface area contributed by atoms with E-state index in [1.165, 1.54) is 6.42 Å². The second kappa shape index (κ2) is 4.73. The van der Waals surface area contributed by atoms with Crippen LogP contribution in [-0.4, -0.2) is 12.3 Å². The third kappa shape index (κ3) is 9.92. The minimum Gasteiger partial charge on any atom is -0.361 e. The highest BCUT2D eigenvalue weighted by Gasteiger charge is 2.09. The van der Waals surface area contributed by atoms with Crippen LogP contribution in [0.4, 0.5) is 0 Å². The Labute approximate surface area is 70.1 Å². The predicted molar refractivity (Wildman–Crippen MR) is 48.3 cm³/mol. The Morgan fingerprint density at radius 3 is 2.27 bits per heavy atom. The number of nitrogens with two attached hydrogens (primary N) is 1. The number of hydrogen-bond acceptors (Lipinski definition) is 2. The maximum atomic E-state index is 5.63. The van der Waals surface area contributed by atoms with Crippen LogP contribution in [0.2, 0.25) is 0 Å². The first-order valence-corrected chi connectivity index (χ1v) is 4.34. The molecule has 0 aromatic heterocycles. The highest BCUT2D eigenvalue weighted by Crippen LogP contribution is 2.06. The molecule has 0 aromatic rings. The Morgan fingerprint density at radius 2 is 1.91 bits per heavy atom. The first kappa shape index (κ1) is 10.9. The molecule has 0 aliphatic rings. The van der Waals surface area contributed by atoms with Crippen molar-refractivity contribution < 1.29 is 4.74 Å². The number of rotatable bonds is 5. The smallest absolute Gasteiger partial charge is 0.111 e. The second-order valence-corrected chi connectivity index (χ2v) is 3.99. The van der Waals surface area contributed by atoms with Crippen molar-refractivity contribution in [2.75, 3.05) is 6.61 Å². The van der Waals surface area contributed by atoms with E-state index in [9.17, 15) is 0 Å². The minimum atomic E-state index is -0.461. The SMILES string of the molecule is CC(C)CCCOC(C)(C)N. The van der Waals surface area contributed by atoms with Crippen LogP contribution >= 0.6 is 0 Å². The molecule has 0 aliphatic heterocycles. The van der Waals surface area contributed by atoms with E-state index in [0.717, 1.165) is 18.9 Å². The molecule has 0 bridgehead atoms. The molecule has 0 heterocycles. The van der Waals surface area contributed by atoms with Crippen LogP contribution in [0.15, 0.2) is 0 Å². The minimum absolute atomic E-state index is 0.461. The predicted octanol–water partition coefficient (Wildman–Crippen LogP) is 2.13. The summed E-state index contributed by atoms with van der Waals surface area (Å²) >= 11 is 0. The molecule has 0 fully saturated rings. The lowest BCUT2D eigenvalue weighted by molar-refractivity contribution is -0.0150. The molecule has 0 saturated carbocycles. The van der Waals surface area contributed by atoms with Crippen molar-refractivity contribution in [2.45, 2.75) is 46.3 Å². The fourth-order valence-electron chi connectivity index (χ4n) is 0.827. The summed E-state index contributed by atoms with van der Waals surface area (Å²) in [5.41, 5.74) is 5.17. The van der Waals surface area contributed by atoms with Gasteiger partial charge in [-0.25, -0.2) is 0 Å². The lowest BCUT2D eigenvalue weighted by Gasteiger charge is -2.19. The lowest BCUT2D eigenvalue weighted by Crippen LogP contribution is -2.35. The Balaban J connectivity index is 3.15. The summed E-state index contributed by atoms with van der Waals surface area (Å²) in [6.07, 6.45) is 2.33. The summed E-state index contributed by atoms with van der Waals surface area (Å²) < 4.78 is 5.36. The van der Waals surface area contributed by atoms with Gasteiger partial charge in [0.2, 0.25) is 0 Å². The lowest BCUT2D eigenvalue weighted by atomic mass is 10.1.